The molecule has 154 valence electrons. The molecule has 0 saturated carbocycles. The predicted molar refractivity (Wildman–Crippen MR) is 112 cm³/mol. The second kappa shape index (κ2) is 7.53. The average Bonchev–Trinajstić information content (AvgIpc) is 3.00. The molecular formula is C24H17N2O5-. The number of nitrogens with zero attached hydrogens (tertiary/aromatic N) is 1. The van der Waals surface area contributed by atoms with Crippen LogP contribution in [-0.4, -0.2) is 23.7 Å². The number of carbonyl (C=O) groups excluding carboxylic acids is 4. The molecule has 3 amide bonds. The largest absolute Gasteiger partial charge is 0.545 e. The lowest BCUT2D eigenvalue weighted by atomic mass is 10.1. The van der Waals surface area contributed by atoms with Crippen LogP contribution < -0.4 is 15.3 Å². The Morgan fingerprint density at radius 1 is 0.774 bits per heavy atom. The zero-order valence-electron chi connectivity index (χ0n) is 16.8. The lowest BCUT2D eigenvalue weighted by molar-refractivity contribution is -0.255. The van der Waals surface area contributed by atoms with Gasteiger partial charge >= 0.3 is 0 Å². The normalized spacial score (nSPS) is 12.6. The first-order valence-electron chi connectivity index (χ1n) is 9.49. The topological polar surface area (TPSA) is 107 Å². The first-order chi connectivity index (χ1) is 14.8. The SMILES string of the molecule is Cc1ccc(NC(=O)c2ccc(N3C(=O)c4ccc(C(=O)[O-])cc4C3=O)cc2)cc1C. The molecule has 0 radical (unpaired) electrons. The molecule has 0 aromatic heterocycles. The summed E-state index contributed by atoms with van der Waals surface area (Å²) in [5, 5.41) is 13.9. The van der Waals surface area contributed by atoms with E-state index in [0.29, 0.717) is 11.3 Å². The summed E-state index contributed by atoms with van der Waals surface area (Å²) in [6.45, 7) is 3.94. The Bertz CT molecular complexity index is 1260. The van der Waals surface area contributed by atoms with Crippen LogP contribution in [0.25, 0.3) is 0 Å². The summed E-state index contributed by atoms with van der Waals surface area (Å²) in [5.41, 5.74) is 3.42. The van der Waals surface area contributed by atoms with Crippen molar-refractivity contribution in [2.24, 2.45) is 0 Å². The van der Waals surface area contributed by atoms with Crippen LogP contribution in [-0.2, 0) is 0 Å². The van der Waals surface area contributed by atoms with Gasteiger partial charge in [-0.3, -0.25) is 14.4 Å². The molecule has 7 heteroatoms. The maximum absolute atomic E-state index is 12.7. The molecule has 0 saturated heterocycles. The highest BCUT2D eigenvalue weighted by Crippen LogP contribution is 2.29. The van der Waals surface area contributed by atoms with Crippen molar-refractivity contribution in [3.05, 3.63) is 94.0 Å². The highest BCUT2D eigenvalue weighted by atomic mass is 16.4. The Labute approximate surface area is 177 Å². The van der Waals surface area contributed by atoms with Crippen LogP contribution in [0, 0.1) is 13.8 Å². The number of aromatic carboxylic acids is 1. The van der Waals surface area contributed by atoms with Crippen molar-refractivity contribution >= 4 is 35.1 Å². The van der Waals surface area contributed by atoms with E-state index in [4.69, 9.17) is 0 Å². The van der Waals surface area contributed by atoms with Gasteiger partial charge in [-0.2, -0.15) is 0 Å². The van der Waals surface area contributed by atoms with Gasteiger partial charge in [-0.25, -0.2) is 4.90 Å². The number of imide groups is 1. The summed E-state index contributed by atoms with van der Waals surface area (Å²) in [6.07, 6.45) is 0. The van der Waals surface area contributed by atoms with Crippen molar-refractivity contribution in [2.45, 2.75) is 13.8 Å². The molecule has 1 aliphatic heterocycles. The average molecular weight is 413 g/mol. The third kappa shape index (κ3) is 3.57. The van der Waals surface area contributed by atoms with E-state index in [-0.39, 0.29) is 28.3 Å². The number of anilines is 2. The van der Waals surface area contributed by atoms with Crippen molar-refractivity contribution in [1.82, 2.24) is 0 Å². The van der Waals surface area contributed by atoms with Crippen LogP contribution in [0.5, 0.6) is 0 Å². The fourth-order valence-electron chi connectivity index (χ4n) is 3.39. The highest BCUT2D eigenvalue weighted by Gasteiger charge is 2.36. The molecule has 1 N–H and O–H groups in total. The van der Waals surface area contributed by atoms with Crippen LogP contribution in [0.1, 0.15) is 52.6 Å². The Hall–Kier alpha value is -4.26. The van der Waals surface area contributed by atoms with Crippen LogP contribution in [0.2, 0.25) is 0 Å². The molecule has 7 nitrogen and oxygen atoms in total. The fraction of sp³-hybridized carbons (Fsp3) is 0.0833. The Balaban J connectivity index is 1.56. The first-order valence-corrected chi connectivity index (χ1v) is 9.49. The smallest absolute Gasteiger partial charge is 0.266 e. The van der Waals surface area contributed by atoms with E-state index in [1.54, 1.807) is 0 Å². The second-order valence-electron chi connectivity index (χ2n) is 7.29. The van der Waals surface area contributed by atoms with E-state index in [1.807, 2.05) is 32.0 Å². The van der Waals surface area contributed by atoms with Crippen LogP contribution in [0.15, 0.2) is 60.7 Å². The molecule has 31 heavy (non-hydrogen) atoms. The third-order valence-electron chi connectivity index (χ3n) is 5.27. The van der Waals surface area contributed by atoms with E-state index in [1.165, 1.54) is 36.4 Å². The Kier molecular flexibility index (Phi) is 4.87. The molecule has 0 atom stereocenters. The molecule has 0 bridgehead atoms. The van der Waals surface area contributed by atoms with Crippen molar-refractivity contribution in [3.8, 4) is 0 Å². The highest BCUT2D eigenvalue weighted by molar-refractivity contribution is 6.34. The van der Waals surface area contributed by atoms with Crippen molar-refractivity contribution in [1.29, 1.82) is 0 Å². The van der Waals surface area contributed by atoms with Gasteiger partial charge in [0.2, 0.25) is 0 Å². The summed E-state index contributed by atoms with van der Waals surface area (Å²) in [7, 11) is 0. The minimum atomic E-state index is -1.43. The summed E-state index contributed by atoms with van der Waals surface area (Å²) >= 11 is 0. The van der Waals surface area contributed by atoms with E-state index in [0.717, 1.165) is 22.1 Å². The maximum Gasteiger partial charge on any atom is 0.266 e. The van der Waals surface area contributed by atoms with Crippen LogP contribution >= 0.6 is 0 Å². The number of rotatable bonds is 4. The zero-order valence-corrected chi connectivity index (χ0v) is 16.8. The molecule has 0 spiro atoms. The number of benzene rings is 3. The summed E-state index contributed by atoms with van der Waals surface area (Å²) in [4.78, 5) is 49.9. The van der Waals surface area contributed by atoms with Gasteiger partial charge in [0.25, 0.3) is 17.7 Å². The van der Waals surface area contributed by atoms with Gasteiger partial charge < -0.3 is 15.2 Å². The lowest BCUT2D eigenvalue weighted by Gasteiger charge is -2.14. The number of aryl methyl sites for hydroxylation is 2. The first kappa shape index (κ1) is 20.0. The number of carbonyl (C=O) groups is 4. The van der Waals surface area contributed by atoms with E-state index < -0.39 is 17.8 Å². The van der Waals surface area contributed by atoms with E-state index in [2.05, 4.69) is 5.32 Å². The quantitative estimate of drug-likeness (QED) is 0.662. The monoisotopic (exact) mass is 413 g/mol. The standard InChI is InChI=1S/C24H18N2O5/c1-13-3-7-17(11-14(13)2)25-21(27)15-4-8-18(9-5-15)26-22(28)19-10-6-16(24(30)31)12-20(19)23(26)29/h3-12H,1-2H3,(H,25,27)(H,30,31)/p-1. The lowest BCUT2D eigenvalue weighted by Crippen LogP contribution is -2.29. The van der Waals surface area contributed by atoms with E-state index >= 15 is 0 Å². The Morgan fingerprint density at radius 3 is 2.06 bits per heavy atom. The number of amides is 3. The minimum absolute atomic E-state index is 0.00302. The minimum Gasteiger partial charge on any atom is -0.545 e. The van der Waals surface area contributed by atoms with Gasteiger partial charge in [0.15, 0.2) is 0 Å². The van der Waals surface area contributed by atoms with Gasteiger partial charge in [0.1, 0.15) is 0 Å². The van der Waals surface area contributed by atoms with Gasteiger partial charge in [-0.05, 0) is 79.1 Å². The van der Waals surface area contributed by atoms with Crippen LogP contribution in [0.3, 0.4) is 0 Å². The second-order valence-corrected chi connectivity index (χ2v) is 7.29. The third-order valence-corrected chi connectivity index (χ3v) is 5.27. The maximum atomic E-state index is 12.7. The number of carboxylic acid groups (broad SMARTS) is 1. The van der Waals surface area contributed by atoms with Gasteiger partial charge in [-0.15, -0.1) is 0 Å². The zero-order chi connectivity index (χ0) is 22.3. The molecule has 1 heterocycles. The summed E-state index contributed by atoms with van der Waals surface area (Å²) < 4.78 is 0. The molecule has 3 aromatic rings. The number of carboxylic acids is 1. The number of hydrogen-bond donors (Lipinski definition) is 1. The Morgan fingerprint density at radius 2 is 1.42 bits per heavy atom. The number of fused-ring (bicyclic) bond motifs is 1. The molecule has 0 unspecified atom stereocenters. The van der Waals surface area contributed by atoms with Gasteiger partial charge in [0.05, 0.1) is 22.8 Å². The van der Waals surface area contributed by atoms with Gasteiger partial charge in [-0.1, -0.05) is 12.1 Å². The molecule has 3 aromatic carbocycles. The predicted octanol–water partition coefficient (Wildman–Crippen LogP) is 2.72. The van der Waals surface area contributed by atoms with Crippen molar-refractivity contribution in [3.63, 3.8) is 0 Å². The summed E-state index contributed by atoms with van der Waals surface area (Å²) in [6, 6.07) is 15.3. The van der Waals surface area contributed by atoms with E-state index in [9.17, 15) is 24.3 Å². The van der Waals surface area contributed by atoms with Crippen molar-refractivity contribution < 1.29 is 24.3 Å². The fourth-order valence-corrected chi connectivity index (χ4v) is 3.39. The number of hydrogen-bond acceptors (Lipinski definition) is 5. The molecule has 1 aliphatic rings. The molecular weight excluding hydrogens is 396 g/mol. The summed E-state index contributed by atoms with van der Waals surface area (Å²) in [5.74, 6) is -2.94. The number of nitrogens with one attached hydrogen (secondary N) is 1. The van der Waals surface area contributed by atoms with Crippen molar-refractivity contribution in [2.75, 3.05) is 10.2 Å². The molecule has 0 aliphatic carbocycles. The molecule has 0 fully saturated rings. The molecule has 4 rings (SSSR count). The van der Waals surface area contributed by atoms with Crippen LogP contribution in [0.4, 0.5) is 11.4 Å². The van der Waals surface area contributed by atoms with Gasteiger partial charge in [0, 0.05) is 11.3 Å².